The third-order valence-electron chi connectivity index (χ3n) is 4.75. The number of rotatable bonds is 5. The van der Waals surface area contributed by atoms with Crippen LogP contribution in [0.4, 0.5) is 0 Å². The van der Waals surface area contributed by atoms with Crippen molar-refractivity contribution in [3.8, 4) is 0 Å². The van der Waals surface area contributed by atoms with Gasteiger partial charge < -0.3 is 10.2 Å². The normalized spacial score (nSPS) is 18.4. The smallest absolute Gasteiger partial charge is 0.247 e. The molecule has 0 saturated carbocycles. The van der Waals surface area contributed by atoms with Gasteiger partial charge >= 0.3 is 0 Å². The highest BCUT2D eigenvalue weighted by Gasteiger charge is 2.36. The summed E-state index contributed by atoms with van der Waals surface area (Å²) in [5, 5.41) is 2.89. The Bertz CT molecular complexity index is 547. The second-order valence-corrected chi connectivity index (χ2v) is 6.56. The van der Waals surface area contributed by atoms with Gasteiger partial charge in [0.05, 0.1) is 0 Å². The maximum Gasteiger partial charge on any atom is 0.247 e. The lowest BCUT2D eigenvalue weighted by Crippen LogP contribution is -2.53. The van der Waals surface area contributed by atoms with Crippen LogP contribution in [0.1, 0.15) is 63.6 Å². The van der Waals surface area contributed by atoms with Crippen LogP contribution in [-0.4, -0.2) is 29.8 Å². The molecule has 1 aromatic carbocycles. The first kappa shape index (κ1) is 17.5. The average Bonchev–Trinajstić information content (AvgIpc) is 2.55. The molecule has 126 valence electrons. The molecule has 0 radical (unpaired) electrons. The van der Waals surface area contributed by atoms with Crippen molar-refractivity contribution < 1.29 is 9.59 Å². The highest BCUT2D eigenvalue weighted by atomic mass is 16.2. The van der Waals surface area contributed by atoms with E-state index in [0.29, 0.717) is 19.0 Å². The Morgan fingerprint density at radius 2 is 1.83 bits per heavy atom. The fourth-order valence-corrected chi connectivity index (χ4v) is 3.17. The third-order valence-corrected chi connectivity index (χ3v) is 4.75. The number of amides is 2. The van der Waals surface area contributed by atoms with Crippen molar-refractivity contribution in [3.63, 3.8) is 0 Å². The minimum atomic E-state index is -0.502. The summed E-state index contributed by atoms with van der Waals surface area (Å²) in [6.07, 6.45) is 1.62. The van der Waals surface area contributed by atoms with Crippen LogP contribution in [-0.2, 0) is 9.59 Å². The van der Waals surface area contributed by atoms with Crippen LogP contribution in [0.5, 0.6) is 0 Å². The van der Waals surface area contributed by atoms with E-state index < -0.39 is 6.04 Å². The first-order valence-electron chi connectivity index (χ1n) is 8.67. The summed E-state index contributed by atoms with van der Waals surface area (Å²) in [4.78, 5) is 27.0. The molecule has 1 aliphatic rings. The van der Waals surface area contributed by atoms with Crippen LogP contribution in [0.2, 0.25) is 0 Å². The number of nitrogens with one attached hydrogen (secondary N) is 1. The number of nitrogens with zero attached hydrogens (tertiary/aromatic N) is 1. The molecule has 23 heavy (non-hydrogen) atoms. The van der Waals surface area contributed by atoms with E-state index in [9.17, 15) is 9.59 Å². The zero-order valence-corrected chi connectivity index (χ0v) is 14.6. The fourth-order valence-electron chi connectivity index (χ4n) is 3.17. The SMILES string of the molecule is CCC(CC)C(=O)N1CCNC(=O)C1c1ccc(C(C)C)cc1. The van der Waals surface area contributed by atoms with Crippen molar-refractivity contribution in [1.29, 1.82) is 0 Å². The highest BCUT2D eigenvalue weighted by Crippen LogP contribution is 2.27. The molecule has 2 rings (SSSR count). The number of piperazine rings is 1. The van der Waals surface area contributed by atoms with Crippen LogP contribution in [0.25, 0.3) is 0 Å². The Kier molecular flexibility index (Phi) is 5.80. The van der Waals surface area contributed by atoms with Gasteiger partial charge in [-0.05, 0) is 29.9 Å². The van der Waals surface area contributed by atoms with Crippen LogP contribution in [0.3, 0.4) is 0 Å². The molecule has 1 N–H and O–H groups in total. The maximum atomic E-state index is 12.8. The molecule has 0 aliphatic carbocycles. The van der Waals surface area contributed by atoms with Crippen LogP contribution in [0, 0.1) is 5.92 Å². The van der Waals surface area contributed by atoms with Gasteiger partial charge in [-0.25, -0.2) is 0 Å². The molecule has 0 aromatic heterocycles. The molecule has 4 heteroatoms. The number of hydrogen-bond acceptors (Lipinski definition) is 2. The quantitative estimate of drug-likeness (QED) is 0.906. The van der Waals surface area contributed by atoms with Gasteiger partial charge in [0.15, 0.2) is 0 Å². The van der Waals surface area contributed by atoms with E-state index in [4.69, 9.17) is 0 Å². The Morgan fingerprint density at radius 3 is 2.35 bits per heavy atom. The summed E-state index contributed by atoms with van der Waals surface area (Å²) >= 11 is 0. The van der Waals surface area contributed by atoms with Gasteiger partial charge in [-0.15, -0.1) is 0 Å². The number of benzene rings is 1. The number of hydrogen-bond donors (Lipinski definition) is 1. The molecule has 1 aromatic rings. The van der Waals surface area contributed by atoms with Gasteiger partial charge in [0.2, 0.25) is 11.8 Å². The largest absolute Gasteiger partial charge is 0.352 e. The molecule has 0 spiro atoms. The summed E-state index contributed by atoms with van der Waals surface area (Å²) in [5.41, 5.74) is 2.13. The third kappa shape index (κ3) is 3.74. The zero-order chi connectivity index (χ0) is 17.0. The van der Waals surface area contributed by atoms with E-state index in [0.717, 1.165) is 18.4 Å². The molecule has 0 bridgehead atoms. The van der Waals surface area contributed by atoms with E-state index in [1.54, 1.807) is 4.90 Å². The predicted octanol–water partition coefficient (Wildman–Crippen LogP) is 3.25. The molecule has 1 atom stereocenters. The lowest BCUT2D eigenvalue weighted by atomic mass is 9.95. The summed E-state index contributed by atoms with van der Waals surface area (Å²) in [6, 6.07) is 7.58. The lowest BCUT2D eigenvalue weighted by Gasteiger charge is -2.37. The van der Waals surface area contributed by atoms with E-state index in [1.807, 2.05) is 26.0 Å². The van der Waals surface area contributed by atoms with Crippen LogP contribution >= 0.6 is 0 Å². The first-order chi connectivity index (χ1) is 11.0. The second-order valence-electron chi connectivity index (χ2n) is 6.56. The van der Waals surface area contributed by atoms with Crippen molar-refractivity contribution in [3.05, 3.63) is 35.4 Å². The van der Waals surface area contributed by atoms with E-state index in [1.165, 1.54) is 5.56 Å². The van der Waals surface area contributed by atoms with Gasteiger partial charge in [-0.1, -0.05) is 52.0 Å². The van der Waals surface area contributed by atoms with E-state index >= 15 is 0 Å². The van der Waals surface area contributed by atoms with E-state index in [-0.39, 0.29) is 17.7 Å². The molecular formula is C19H28N2O2. The Morgan fingerprint density at radius 1 is 1.22 bits per heavy atom. The monoisotopic (exact) mass is 316 g/mol. The molecule has 1 saturated heterocycles. The first-order valence-corrected chi connectivity index (χ1v) is 8.67. The standard InChI is InChI=1S/C19H28N2O2/c1-5-14(6-2)19(23)21-12-11-20-18(22)17(21)16-9-7-15(8-10-16)13(3)4/h7-10,13-14,17H,5-6,11-12H2,1-4H3,(H,20,22). The lowest BCUT2D eigenvalue weighted by molar-refractivity contribution is -0.146. The van der Waals surface area contributed by atoms with Gasteiger partial charge in [-0.2, -0.15) is 0 Å². The molecular weight excluding hydrogens is 288 g/mol. The molecule has 1 heterocycles. The Balaban J connectivity index is 2.30. The molecule has 2 amide bonds. The van der Waals surface area contributed by atoms with Crippen molar-refractivity contribution in [2.75, 3.05) is 13.1 Å². The van der Waals surface area contributed by atoms with Crippen molar-refractivity contribution in [2.45, 2.75) is 52.5 Å². The summed E-state index contributed by atoms with van der Waals surface area (Å²) in [6.45, 7) is 9.46. The minimum absolute atomic E-state index is 0.00154. The second kappa shape index (κ2) is 7.62. The highest BCUT2D eigenvalue weighted by molar-refractivity contribution is 5.90. The van der Waals surface area contributed by atoms with Crippen molar-refractivity contribution in [2.24, 2.45) is 5.92 Å². The molecule has 1 fully saturated rings. The molecule has 1 aliphatic heterocycles. The van der Waals surface area contributed by atoms with Gasteiger partial charge in [-0.3, -0.25) is 9.59 Å². The Labute approximate surface area is 139 Å². The van der Waals surface area contributed by atoms with Gasteiger partial charge in [0.1, 0.15) is 6.04 Å². The van der Waals surface area contributed by atoms with Crippen LogP contribution in [0.15, 0.2) is 24.3 Å². The maximum absolute atomic E-state index is 12.8. The van der Waals surface area contributed by atoms with Crippen molar-refractivity contribution >= 4 is 11.8 Å². The zero-order valence-electron chi connectivity index (χ0n) is 14.6. The Hall–Kier alpha value is -1.84. The molecule has 1 unspecified atom stereocenters. The summed E-state index contributed by atoms with van der Waals surface area (Å²) < 4.78 is 0. The van der Waals surface area contributed by atoms with Gasteiger partial charge in [0.25, 0.3) is 0 Å². The molecule has 4 nitrogen and oxygen atoms in total. The summed E-state index contributed by atoms with van der Waals surface area (Å²) in [5.74, 6) is 0.473. The van der Waals surface area contributed by atoms with Gasteiger partial charge in [0, 0.05) is 19.0 Å². The number of carbonyl (C=O) groups excluding carboxylic acids is 2. The van der Waals surface area contributed by atoms with Crippen LogP contribution < -0.4 is 5.32 Å². The van der Waals surface area contributed by atoms with E-state index in [2.05, 4.69) is 31.3 Å². The summed E-state index contributed by atoms with van der Waals surface area (Å²) in [7, 11) is 0. The predicted molar refractivity (Wildman–Crippen MR) is 92.1 cm³/mol. The fraction of sp³-hybridized carbons (Fsp3) is 0.579. The minimum Gasteiger partial charge on any atom is -0.352 e. The average molecular weight is 316 g/mol. The number of carbonyl (C=O) groups is 2. The van der Waals surface area contributed by atoms with Crippen molar-refractivity contribution in [1.82, 2.24) is 10.2 Å². The topological polar surface area (TPSA) is 49.4 Å².